The summed E-state index contributed by atoms with van der Waals surface area (Å²) in [6, 6.07) is 65.9. The number of aryl methyl sites for hydroxylation is 4. The highest BCUT2D eigenvalue weighted by Gasteiger charge is 2.48. The molecule has 0 radical (unpaired) electrons. The second-order valence-electron chi connectivity index (χ2n) is 18.4. The normalized spacial score (nSPS) is 14.0. The van der Waals surface area contributed by atoms with E-state index >= 15 is 0 Å². The molecule has 0 saturated heterocycles. The Balaban J connectivity index is 1.18. The molecule has 0 aromatic heterocycles. The predicted octanol–water partition coefficient (Wildman–Crippen LogP) is 16.1. The average Bonchev–Trinajstić information content (AvgIpc) is 3.59. The first-order chi connectivity index (χ1) is 30.9. The molecular formula is C61H56N2. The van der Waals surface area contributed by atoms with Crippen LogP contribution in [0.25, 0.3) is 11.1 Å². The minimum atomic E-state index is -0.566. The zero-order valence-electron chi connectivity index (χ0n) is 37.2. The van der Waals surface area contributed by atoms with Crippen LogP contribution in [-0.4, -0.2) is 0 Å². The van der Waals surface area contributed by atoms with Crippen molar-refractivity contribution >= 4 is 34.1 Å². The highest BCUT2D eigenvalue weighted by Crippen LogP contribution is 2.61. The summed E-state index contributed by atoms with van der Waals surface area (Å²) in [6.07, 6.45) is 8.83. The fourth-order valence-corrected chi connectivity index (χ4v) is 11.1. The fraction of sp³-hybridized carbons (Fsp3) is 0.213. The van der Waals surface area contributed by atoms with Crippen LogP contribution < -0.4 is 9.80 Å². The van der Waals surface area contributed by atoms with Gasteiger partial charge < -0.3 is 9.80 Å². The summed E-state index contributed by atoms with van der Waals surface area (Å²) >= 11 is 0. The number of nitrogens with zero attached hydrogens (tertiary/aromatic N) is 2. The van der Waals surface area contributed by atoms with Crippen LogP contribution in [0.3, 0.4) is 0 Å². The first-order valence-corrected chi connectivity index (χ1v) is 23.4. The topological polar surface area (TPSA) is 6.48 Å². The van der Waals surface area contributed by atoms with E-state index in [1.807, 2.05) is 0 Å². The van der Waals surface area contributed by atoms with E-state index in [1.165, 1.54) is 138 Å². The third-order valence-corrected chi connectivity index (χ3v) is 14.2. The lowest BCUT2D eigenvalue weighted by Gasteiger charge is -2.38. The summed E-state index contributed by atoms with van der Waals surface area (Å²) in [6.45, 7) is 9.00. The molecule has 2 heteroatoms. The quantitative estimate of drug-likeness (QED) is 0.136. The fourth-order valence-electron chi connectivity index (χ4n) is 11.1. The Labute approximate surface area is 374 Å². The minimum absolute atomic E-state index is 0.566. The second kappa shape index (κ2) is 15.9. The molecule has 1 aliphatic carbocycles. The lowest BCUT2D eigenvalue weighted by Crippen LogP contribution is -2.30. The van der Waals surface area contributed by atoms with Gasteiger partial charge >= 0.3 is 0 Å². The zero-order valence-corrected chi connectivity index (χ0v) is 37.2. The van der Waals surface area contributed by atoms with Gasteiger partial charge in [-0.05, 0) is 167 Å². The van der Waals surface area contributed by atoms with Crippen LogP contribution in [0.4, 0.5) is 34.1 Å². The van der Waals surface area contributed by atoms with Crippen molar-refractivity contribution in [3.8, 4) is 11.1 Å². The third kappa shape index (κ3) is 6.53. The smallest absolute Gasteiger partial charge is 0.0715 e. The molecule has 2 nitrogen and oxygen atoms in total. The largest absolute Gasteiger partial charge is 0.310 e. The molecule has 2 heterocycles. The summed E-state index contributed by atoms with van der Waals surface area (Å²) in [5.41, 5.74) is 25.8. The van der Waals surface area contributed by atoms with E-state index in [-0.39, 0.29) is 0 Å². The molecule has 11 rings (SSSR count). The van der Waals surface area contributed by atoms with E-state index in [2.05, 4.69) is 207 Å². The Hall–Kier alpha value is -6.64. The van der Waals surface area contributed by atoms with Crippen LogP contribution in [0, 0.1) is 13.8 Å². The van der Waals surface area contributed by atoms with Gasteiger partial charge in [0, 0.05) is 35.6 Å². The molecule has 0 bridgehead atoms. The Morgan fingerprint density at radius 2 is 0.810 bits per heavy atom. The van der Waals surface area contributed by atoms with Gasteiger partial charge in [0.2, 0.25) is 0 Å². The van der Waals surface area contributed by atoms with Gasteiger partial charge in [0.05, 0.1) is 16.8 Å². The van der Waals surface area contributed by atoms with E-state index in [4.69, 9.17) is 0 Å². The van der Waals surface area contributed by atoms with E-state index in [0.29, 0.717) is 0 Å². The Morgan fingerprint density at radius 1 is 0.413 bits per heavy atom. The second-order valence-corrected chi connectivity index (χ2v) is 18.4. The van der Waals surface area contributed by atoms with Crippen LogP contribution in [-0.2, 0) is 31.1 Å². The monoisotopic (exact) mass is 816 g/mol. The molecule has 63 heavy (non-hydrogen) atoms. The van der Waals surface area contributed by atoms with Crippen molar-refractivity contribution in [1.82, 2.24) is 0 Å². The summed E-state index contributed by atoms with van der Waals surface area (Å²) in [7, 11) is 0. The standard InChI is InChI=1S/C61H56N2/c1-5-7-15-43-23-27-51(28-24-43)62-57-31-21-41(3)33-45(57)35-47-37-53-54-38-48-36-46-34-42(4)22-32-58(46)63(52-29-25-44(26-30-52)16-8-6-2)60(48)40-56(54)61(55(53)39-59(47)62,49-17-11-9-12-18-49)50-19-13-10-14-20-50/h9-14,17-34,37-40H,5-8,15-16,35-36H2,1-4H3. The summed E-state index contributed by atoms with van der Waals surface area (Å²) in [4.78, 5) is 5.11. The summed E-state index contributed by atoms with van der Waals surface area (Å²) in [5.74, 6) is 0. The maximum absolute atomic E-state index is 2.59. The molecule has 0 amide bonds. The number of fused-ring (bicyclic) bond motifs is 7. The van der Waals surface area contributed by atoms with E-state index < -0.39 is 5.41 Å². The number of hydrogen-bond acceptors (Lipinski definition) is 2. The van der Waals surface area contributed by atoms with Crippen LogP contribution in [0.1, 0.15) is 106 Å². The maximum atomic E-state index is 2.59. The molecular weight excluding hydrogens is 761 g/mol. The lowest BCUT2D eigenvalue weighted by molar-refractivity contribution is 0.767. The van der Waals surface area contributed by atoms with Gasteiger partial charge in [0.1, 0.15) is 0 Å². The molecule has 310 valence electrons. The lowest BCUT2D eigenvalue weighted by atomic mass is 9.67. The first kappa shape index (κ1) is 39.2. The van der Waals surface area contributed by atoms with Gasteiger partial charge in [-0.15, -0.1) is 0 Å². The number of benzene rings is 8. The molecule has 0 saturated carbocycles. The van der Waals surface area contributed by atoms with Crippen molar-refractivity contribution in [3.05, 3.63) is 237 Å². The number of rotatable bonds is 10. The predicted molar refractivity (Wildman–Crippen MR) is 265 cm³/mol. The van der Waals surface area contributed by atoms with Crippen molar-refractivity contribution in [3.63, 3.8) is 0 Å². The van der Waals surface area contributed by atoms with E-state index in [1.54, 1.807) is 0 Å². The van der Waals surface area contributed by atoms with Gasteiger partial charge in [0.25, 0.3) is 0 Å². The van der Waals surface area contributed by atoms with Gasteiger partial charge in [-0.2, -0.15) is 0 Å². The van der Waals surface area contributed by atoms with Crippen LogP contribution in [0.15, 0.2) is 170 Å². The third-order valence-electron chi connectivity index (χ3n) is 14.2. The molecule has 3 aliphatic rings. The Morgan fingerprint density at radius 3 is 1.21 bits per heavy atom. The van der Waals surface area contributed by atoms with Crippen LogP contribution >= 0.6 is 0 Å². The van der Waals surface area contributed by atoms with Crippen molar-refractivity contribution in [2.75, 3.05) is 9.80 Å². The number of anilines is 6. The highest BCUT2D eigenvalue weighted by atomic mass is 15.2. The van der Waals surface area contributed by atoms with E-state index in [0.717, 1.165) is 25.7 Å². The van der Waals surface area contributed by atoms with Gasteiger partial charge in [0.15, 0.2) is 0 Å². The Kier molecular flexibility index (Phi) is 9.91. The Bertz CT molecular complexity index is 2770. The summed E-state index contributed by atoms with van der Waals surface area (Å²) in [5, 5.41) is 0. The van der Waals surface area contributed by atoms with Gasteiger partial charge in [-0.25, -0.2) is 0 Å². The zero-order chi connectivity index (χ0) is 42.7. The molecule has 0 N–H and O–H groups in total. The van der Waals surface area contributed by atoms with E-state index in [9.17, 15) is 0 Å². The van der Waals surface area contributed by atoms with Crippen molar-refractivity contribution < 1.29 is 0 Å². The van der Waals surface area contributed by atoms with Gasteiger partial charge in [-0.1, -0.05) is 147 Å². The highest BCUT2D eigenvalue weighted by molar-refractivity contribution is 5.95. The van der Waals surface area contributed by atoms with Crippen molar-refractivity contribution in [1.29, 1.82) is 0 Å². The molecule has 0 spiro atoms. The number of hydrogen-bond donors (Lipinski definition) is 0. The minimum Gasteiger partial charge on any atom is -0.310 e. The van der Waals surface area contributed by atoms with Crippen LogP contribution in [0.2, 0.25) is 0 Å². The number of unbranched alkanes of at least 4 members (excludes halogenated alkanes) is 2. The van der Waals surface area contributed by atoms with Gasteiger partial charge in [-0.3, -0.25) is 0 Å². The first-order valence-electron chi connectivity index (χ1n) is 23.4. The molecule has 8 aromatic rings. The average molecular weight is 817 g/mol. The molecule has 0 atom stereocenters. The summed E-state index contributed by atoms with van der Waals surface area (Å²) < 4.78 is 0. The van der Waals surface area contributed by atoms with Crippen molar-refractivity contribution in [2.45, 2.75) is 84.5 Å². The molecule has 2 aliphatic heterocycles. The maximum Gasteiger partial charge on any atom is 0.0715 e. The molecule has 8 aromatic carbocycles. The molecule has 0 unspecified atom stereocenters. The van der Waals surface area contributed by atoms with Crippen molar-refractivity contribution in [2.24, 2.45) is 0 Å². The molecule has 0 fully saturated rings. The SMILES string of the molecule is CCCCc1ccc(N2c3ccc(C)cc3Cc3cc4c(cc32)C(c2ccccc2)(c2ccccc2)c2cc3c(cc2-4)Cc2cc(C)ccc2N3c2ccc(CCCC)cc2)cc1. The van der Waals surface area contributed by atoms with Crippen LogP contribution in [0.5, 0.6) is 0 Å².